The fourth-order valence-corrected chi connectivity index (χ4v) is 6.11. The Balaban J connectivity index is 1.25. The van der Waals surface area contributed by atoms with Crippen LogP contribution < -0.4 is 5.32 Å². The molecule has 0 spiro atoms. The minimum absolute atomic E-state index is 0.332. The van der Waals surface area contributed by atoms with Crippen molar-refractivity contribution in [2.45, 2.75) is 50.5 Å². The van der Waals surface area contributed by atoms with E-state index in [-0.39, 0.29) is 5.60 Å². The van der Waals surface area contributed by atoms with Crippen LogP contribution in [0.15, 0.2) is 30.9 Å². The van der Waals surface area contributed by atoms with Crippen molar-refractivity contribution in [1.82, 2.24) is 19.7 Å². The Morgan fingerprint density at radius 2 is 2.04 bits per heavy atom. The van der Waals surface area contributed by atoms with Gasteiger partial charge in [0.25, 0.3) is 0 Å². The van der Waals surface area contributed by atoms with E-state index in [1.165, 1.54) is 19.3 Å². The number of aliphatic hydroxyl groups is 1. The standard InChI is InChI=1S/C19H25N5O/c25-19-9-14-6-15(10-19)8-18(7-14,13-19)2-4-21-16-11-20-12-17(23-16)24-5-1-3-22-24/h1,3,5,11-12,14-15,25H,2,4,6-10,13H2,(H,21,23). The van der Waals surface area contributed by atoms with E-state index in [1.54, 1.807) is 23.3 Å². The first kappa shape index (κ1) is 15.3. The Bertz CT molecular complexity index is 745. The third-order valence-corrected chi connectivity index (χ3v) is 6.47. The maximum Gasteiger partial charge on any atom is 0.173 e. The summed E-state index contributed by atoms with van der Waals surface area (Å²) < 4.78 is 1.72. The van der Waals surface area contributed by atoms with Gasteiger partial charge in [-0.2, -0.15) is 5.10 Å². The highest BCUT2D eigenvalue weighted by Gasteiger charge is 2.56. The number of hydrogen-bond acceptors (Lipinski definition) is 5. The number of nitrogens with zero attached hydrogens (tertiary/aromatic N) is 4. The summed E-state index contributed by atoms with van der Waals surface area (Å²) in [6, 6.07) is 1.87. The fraction of sp³-hybridized carbons (Fsp3) is 0.632. The van der Waals surface area contributed by atoms with Gasteiger partial charge in [0, 0.05) is 18.9 Å². The molecule has 6 heteroatoms. The molecule has 2 aromatic rings. The number of hydrogen-bond donors (Lipinski definition) is 2. The lowest BCUT2D eigenvalue weighted by molar-refractivity contribution is -0.164. The Morgan fingerprint density at radius 1 is 1.20 bits per heavy atom. The highest BCUT2D eigenvalue weighted by molar-refractivity contribution is 5.35. The van der Waals surface area contributed by atoms with E-state index in [2.05, 4.69) is 20.4 Å². The average Bonchev–Trinajstić information content (AvgIpc) is 3.07. The minimum atomic E-state index is -0.371. The van der Waals surface area contributed by atoms with Crippen LogP contribution in [0.5, 0.6) is 0 Å². The van der Waals surface area contributed by atoms with Gasteiger partial charge in [-0.05, 0) is 68.3 Å². The van der Waals surface area contributed by atoms with Crippen LogP contribution in [0.4, 0.5) is 5.82 Å². The van der Waals surface area contributed by atoms with Crippen LogP contribution in [0.1, 0.15) is 44.9 Å². The summed E-state index contributed by atoms with van der Waals surface area (Å²) in [6.07, 6.45) is 15.2. The second kappa shape index (κ2) is 5.53. The summed E-state index contributed by atoms with van der Waals surface area (Å²) in [5, 5.41) is 18.5. The van der Waals surface area contributed by atoms with Crippen molar-refractivity contribution in [2.75, 3.05) is 11.9 Å². The topological polar surface area (TPSA) is 75.9 Å². The van der Waals surface area contributed by atoms with E-state index in [4.69, 9.17) is 0 Å². The molecule has 25 heavy (non-hydrogen) atoms. The molecule has 2 unspecified atom stereocenters. The summed E-state index contributed by atoms with van der Waals surface area (Å²) in [4.78, 5) is 8.86. The monoisotopic (exact) mass is 339 g/mol. The van der Waals surface area contributed by atoms with Crippen molar-refractivity contribution in [3.63, 3.8) is 0 Å². The number of anilines is 1. The molecular formula is C19H25N5O. The normalized spacial score (nSPS) is 35.9. The van der Waals surface area contributed by atoms with Gasteiger partial charge in [0.2, 0.25) is 0 Å². The zero-order valence-corrected chi connectivity index (χ0v) is 14.4. The van der Waals surface area contributed by atoms with Crippen LogP contribution in [-0.2, 0) is 0 Å². The Labute approximate surface area is 147 Å². The predicted molar refractivity (Wildman–Crippen MR) is 94.3 cm³/mol. The summed E-state index contributed by atoms with van der Waals surface area (Å²) in [5.74, 6) is 3.00. The van der Waals surface area contributed by atoms with Gasteiger partial charge in [-0.25, -0.2) is 9.67 Å². The minimum Gasteiger partial charge on any atom is -0.390 e. The fourth-order valence-electron chi connectivity index (χ4n) is 6.11. The third-order valence-electron chi connectivity index (χ3n) is 6.47. The molecule has 4 fully saturated rings. The first-order chi connectivity index (χ1) is 12.1. The van der Waals surface area contributed by atoms with Gasteiger partial charge in [0.15, 0.2) is 5.82 Å². The van der Waals surface area contributed by atoms with Crippen molar-refractivity contribution in [2.24, 2.45) is 17.3 Å². The first-order valence-corrected chi connectivity index (χ1v) is 9.40. The van der Waals surface area contributed by atoms with E-state index >= 15 is 0 Å². The van der Waals surface area contributed by atoms with Crippen molar-refractivity contribution in [1.29, 1.82) is 0 Å². The molecule has 0 saturated heterocycles. The predicted octanol–water partition coefficient (Wildman–Crippen LogP) is 2.80. The first-order valence-electron chi connectivity index (χ1n) is 9.40. The zero-order chi connectivity index (χ0) is 16.9. The average molecular weight is 339 g/mol. The van der Waals surface area contributed by atoms with Gasteiger partial charge in [-0.15, -0.1) is 0 Å². The van der Waals surface area contributed by atoms with Gasteiger partial charge in [0.1, 0.15) is 5.82 Å². The maximum atomic E-state index is 10.9. The van der Waals surface area contributed by atoms with Crippen molar-refractivity contribution >= 4 is 5.82 Å². The summed E-state index contributed by atoms with van der Waals surface area (Å²) in [5.41, 5.74) is -0.0389. The molecule has 4 aliphatic rings. The quantitative estimate of drug-likeness (QED) is 0.876. The molecule has 0 amide bonds. The lowest BCUT2D eigenvalue weighted by Gasteiger charge is -2.60. The van der Waals surface area contributed by atoms with E-state index < -0.39 is 0 Å². The largest absolute Gasteiger partial charge is 0.390 e. The maximum absolute atomic E-state index is 10.9. The number of aromatic nitrogens is 4. The van der Waals surface area contributed by atoms with Gasteiger partial charge >= 0.3 is 0 Å². The molecule has 132 valence electrons. The molecule has 0 aromatic carbocycles. The smallest absolute Gasteiger partial charge is 0.173 e. The Hall–Kier alpha value is -1.95. The molecule has 4 aliphatic carbocycles. The molecule has 6 rings (SSSR count). The second-order valence-corrected chi connectivity index (χ2v) is 8.58. The Kier molecular flexibility index (Phi) is 3.39. The van der Waals surface area contributed by atoms with Crippen LogP contribution in [0.3, 0.4) is 0 Å². The molecule has 2 N–H and O–H groups in total. The van der Waals surface area contributed by atoms with Gasteiger partial charge < -0.3 is 10.4 Å². The van der Waals surface area contributed by atoms with Crippen molar-refractivity contribution in [3.05, 3.63) is 30.9 Å². The van der Waals surface area contributed by atoms with Gasteiger partial charge in [-0.3, -0.25) is 4.98 Å². The molecular weight excluding hydrogens is 314 g/mol. The lowest BCUT2D eigenvalue weighted by atomic mass is 9.47. The molecule has 2 atom stereocenters. The second-order valence-electron chi connectivity index (χ2n) is 8.58. The number of rotatable bonds is 5. The van der Waals surface area contributed by atoms with Crippen LogP contribution in [0, 0.1) is 17.3 Å². The Morgan fingerprint density at radius 3 is 2.76 bits per heavy atom. The van der Waals surface area contributed by atoms with Crippen LogP contribution in [0.2, 0.25) is 0 Å². The molecule has 4 bridgehead atoms. The summed E-state index contributed by atoms with van der Waals surface area (Å²) in [6.45, 7) is 0.882. The SMILES string of the molecule is OC12CC3CC(C1)CC(CCNc1cncc(-n4cccn4)n1)(C3)C2. The molecule has 6 nitrogen and oxygen atoms in total. The van der Waals surface area contributed by atoms with Crippen LogP contribution in [-0.4, -0.2) is 37.0 Å². The molecule has 0 aliphatic heterocycles. The van der Waals surface area contributed by atoms with E-state index in [0.717, 1.165) is 55.7 Å². The highest BCUT2D eigenvalue weighted by atomic mass is 16.3. The summed E-state index contributed by atoms with van der Waals surface area (Å²) >= 11 is 0. The van der Waals surface area contributed by atoms with E-state index in [9.17, 15) is 5.11 Å². The van der Waals surface area contributed by atoms with Crippen molar-refractivity contribution in [3.8, 4) is 5.82 Å². The van der Waals surface area contributed by atoms with E-state index in [0.29, 0.717) is 5.41 Å². The molecule has 2 aromatic heterocycles. The number of nitrogens with one attached hydrogen (secondary N) is 1. The van der Waals surface area contributed by atoms with E-state index in [1.807, 2.05) is 12.3 Å². The summed E-state index contributed by atoms with van der Waals surface area (Å²) in [7, 11) is 0. The lowest BCUT2D eigenvalue weighted by Crippen LogP contribution is -2.55. The zero-order valence-electron chi connectivity index (χ0n) is 14.4. The van der Waals surface area contributed by atoms with Crippen molar-refractivity contribution < 1.29 is 5.11 Å². The molecule has 0 radical (unpaired) electrons. The molecule has 4 saturated carbocycles. The third kappa shape index (κ3) is 2.82. The molecule has 2 heterocycles. The van der Waals surface area contributed by atoms with Crippen LogP contribution in [0.25, 0.3) is 5.82 Å². The van der Waals surface area contributed by atoms with Gasteiger partial charge in [0.05, 0.1) is 18.0 Å². The van der Waals surface area contributed by atoms with Gasteiger partial charge in [-0.1, -0.05) is 0 Å². The van der Waals surface area contributed by atoms with Crippen LogP contribution >= 0.6 is 0 Å². The highest BCUT2D eigenvalue weighted by Crippen LogP contribution is 2.62.